The molecule has 0 bridgehead atoms. The van der Waals surface area contributed by atoms with Gasteiger partial charge in [-0.2, -0.15) is 0 Å². The van der Waals surface area contributed by atoms with E-state index in [9.17, 15) is 19.4 Å². The van der Waals surface area contributed by atoms with Crippen molar-refractivity contribution < 1.29 is 32.9 Å². The zero-order chi connectivity index (χ0) is 43.6. The van der Waals surface area contributed by atoms with E-state index in [2.05, 4.69) is 43.5 Å². The lowest BCUT2D eigenvalue weighted by Crippen LogP contribution is -2.45. The monoisotopic (exact) mass is 854 g/mol. The number of carbonyl (C=O) groups is 1. The Hall–Kier alpha value is -1.28. The van der Waals surface area contributed by atoms with Crippen molar-refractivity contribution in [1.82, 2.24) is 5.32 Å². The Morgan fingerprint density at radius 2 is 0.932 bits per heavy atom. The summed E-state index contributed by atoms with van der Waals surface area (Å²) in [5.74, 6) is -0.197. The summed E-state index contributed by atoms with van der Waals surface area (Å²) in [5, 5.41) is 13.8. The quantitative estimate of drug-likeness (QED) is 0.0244. The first-order chi connectivity index (χ1) is 28.5. The molecule has 0 aliphatic carbocycles. The average Bonchev–Trinajstić information content (AvgIpc) is 3.19. The zero-order valence-corrected chi connectivity index (χ0v) is 40.4. The standard InChI is InChI=1S/C50H97N2O6P/c1-6-8-10-12-14-16-18-20-21-22-23-24-25-26-27-28-29-30-31-32-33-35-37-39-41-43-49(53)48(47-58-59(55,56)57-46-45-52(3,4)5)51-50(54)44-42-40-38-36-34-19-17-15-13-11-9-7-2/h15,17,33,35,41,43,48-49,53H,6-14,16,18-32,34,36-40,42,44-47H2,1-5H3,(H-,51,54,55,56)/p+1/b17-15-,35-33+,43-41+. The Balaban J connectivity index is 4.29. The second-order valence-corrected chi connectivity index (χ2v) is 19.6. The number of likely N-dealkylation sites (N-methyl/N-ethyl adjacent to an activating group) is 1. The van der Waals surface area contributed by atoms with Gasteiger partial charge in [0, 0.05) is 6.42 Å². The number of amides is 1. The maximum atomic E-state index is 12.9. The van der Waals surface area contributed by atoms with Gasteiger partial charge in [0.15, 0.2) is 0 Å². The molecule has 0 aromatic carbocycles. The molecule has 0 heterocycles. The van der Waals surface area contributed by atoms with Crippen LogP contribution in [0.5, 0.6) is 0 Å². The third kappa shape index (κ3) is 44.6. The number of phosphoric ester groups is 1. The summed E-state index contributed by atoms with van der Waals surface area (Å²) in [4.78, 5) is 23.1. The van der Waals surface area contributed by atoms with E-state index in [1.165, 1.54) is 154 Å². The summed E-state index contributed by atoms with van der Waals surface area (Å²) in [5.41, 5.74) is 0. The number of hydrogen-bond donors (Lipinski definition) is 3. The van der Waals surface area contributed by atoms with Crippen LogP contribution in [0.15, 0.2) is 36.5 Å². The second kappa shape index (κ2) is 42.0. The summed E-state index contributed by atoms with van der Waals surface area (Å²) in [6.07, 6.45) is 52.4. The lowest BCUT2D eigenvalue weighted by atomic mass is 10.0. The molecule has 59 heavy (non-hydrogen) atoms. The molecule has 0 radical (unpaired) electrons. The maximum Gasteiger partial charge on any atom is 0.472 e. The molecule has 9 heteroatoms. The van der Waals surface area contributed by atoms with E-state index in [0.717, 1.165) is 51.4 Å². The Labute approximate surface area is 366 Å². The van der Waals surface area contributed by atoms with Crippen LogP contribution in [-0.4, -0.2) is 73.4 Å². The summed E-state index contributed by atoms with van der Waals surface area (Å²) in [6.45, 7) is 4.77. The lowest BCUT2D eigenvalue weighted by molar-refractivity contribution is -0.870. The third-order valence-corrected chi connectivity index (χ3v) is 12.1. The first kappa shape index (κ1) is 57.7. The summed E-state index contributed by atoms with van der Waals surface area (Å²) in [7, 11) is 1.55. The molecule has 0 rings (SSSR count). The number of aliphatic hydroxyl groups excluding tert-OH is 1. The van der Waals surface area contributed by atoms with Gasteiger partial charge >= 0.3 is 7.82 Å². The second-order valence-electron chi connectivity index (χ2n) is 18.2. The normalized spacial score (nSPS) is 14.5. The number of quaternary nitrogens is 1. The molecule has 0 aliphatic heterocycles. The molecule has 0 spiro atoms. The van der Waals surface area contributed by atoms with Gasteiger partial charge in [0.2, 0.25) is 5.91 Å². The van der Waals surface area contributed by atoms with Crippen molar-refractivity contribution >= 4 is 13.7 Å². The van der Waals surface area contributed by atoms with Gasteiger partial charge in [0.1, 0.15) is 13.2 Å². The highest BCUT2D eigenvalue weighted by molar-refractivity contribution is 7.47. The number of aliphatic hydroxyl groups is 1. The number of allylic oxidation sites excluding steroid dienone is 5. The minimum absolute atomic E-state index is 0.0547. The molecule has 0 fully saturated rings. The van der Waals surface area contributed by atoms with Gasteiger partial charge in [-0.05, 0) is 57.8 Å². The van der Waals surface area contributed by atoms with Crippen LogP contribution in [0.4, 0.5) is 0 Å². The third-order valence-electron chi connectivity index (χ3n) is 11.1. The summed E-state index contributed by atoms with van der Waals surface area (Å²) < 4.78 is 23.6. The smallest absolute Gasteiger partial charge is 0.387 e. The van der Waals surface area contributed by atoms with E-state index in [4.69, 9.17) is 9.05 Å². The van der Waals surface area contributed by atoms with Crippen LogP contribution in [0.25, 0.3) is 0 Å². The number of nitrogens with one attached hydrogen (secondary N) is 1. The van der Waals surface area contributed by atoms with Crippen molar-refractivity contribution in [2.75, 3.05) is 40.9 Å². The van der Waals surface area contributed by atoms with Crippen LogP contribution in [0, 0.1) is 0 Å². The number of nitrogens with zero attached hydrogens (tertiary/aromatic N) is 1. The van der Waals surface area contributed by atoms with Gasteiger partial charge in [0.05, 0.1) is 39.9 Å². The fourth-order valence-corrected chi connectivity index (χ4v) is 7.85. The van der Waals surface area contributed by atoms with Gasteiger partial charge in [-0.25, -0.2) is 4.57 Å². The van der Waals surface area contributed by atoms with Crippen LogP contribution in [0.1, 0.15) is 226 Å². The Kier molecular flexibility index (Phi) is 41.1. The van der Waals surface area contributed by atoms with Gasteiger partial charge < -0.3 is 19.8 Å². The fourth-order valence-electron chi connectivity index (χ4n) is 7.11. The van der Waals surface area contributed by atoms with Gasteiger partial charge in [0.25, 0.3) is 0 Å². The van der Waals surface area contributed by atoms with Gasteiger partial charge in [-0.15, -0.1) is 0 Å². The molecule has 3 N–H and O–H groups in total. The van der Waals surface area contributed by atoms with E-state index in [-0.39, 0.29) is 19.1 Å². The van der Waals surface area contributed by atoms with E-state index in [0.29, 0.717) is 17.4 Å². The van der Waals surface area contributed by atoms with Crippen LogP contribution in [0.3, 0.4) is 0 Å². The molecule has 348 valence electrons. The van der Waals surface area contributed by atoms with Crippen molar-refractivity contribution in [3.8, 4) is 0 Å². The minimum Gasteiger partial charge on any atom is -0.387 e. The highest BCUT2D eigenvalue weighted by Crippen LogP contribution is 2.43. The number of rotatable bonds is 45. The van der Waals surface area contributed by atoms with Crippen LogP contribution >= 0.6 is 7.82 Å². The zero-order valence-electron chi connectivity index (χ0n) is 39.5. The molecule has 0 aromatic heterocycles. The van der Waals surface area contributed by atoms with E-state index in [1.54, 1.807) is 6.08 Å². The molecule has 0 saturated carbocycles. The van der Waals surface area contributed by atoms with Gasteiger partial charge in [-0.3, -0.25) is 13.8 Å². The summed E-state index contributed by atoms with van der Waals surface area (Å²) >= 11 is 0. The highest BCUT2D eigenvalue weighted by Gasteiger charge is 2.27. The van der Waals surface area contributed by atoms with Crippen LogP contribution < -0.4 is 5.32 Å². The molecular weight excluding hydrogens is 756 g/mol. The molecule has 3 atom stereocenters. The van der Waals surface area contributed by atoms with Crippen LogP contribution in [-0.2, 0) is 18.4 Å². The lowest BCUT2D eigenvalue weighted by Gasteiger charge is -2.25. The molecule has 0 saturated heterocycles. The van der Waals surface area contributed by atoms with Crippen molar-refractivity contribution in [2.45, 2.75) is 238 Å². The van der Waals surface area contributed by atoms with Crippen molar-refractivity contribution in [3.05, 3.63) is 36.5 Å². The van der Waals surface area contributed by atoms with E-state index >= 15 is 0 Å². The Bertz CT molecular complexity index is 1060. The number of unbranched alkanes of at least 4 members (excludes halogenated alkanes) is 28. The molecule has 1 amide bonds. The average molecular weight is 854 g/mol. The number of phosphoric acid groups is 1. The molecule has 8 nitrogen and oxygen atoms in total. The number of hydrogen-bond acceptors (Lipinski definition) is 5. The topological polar surface area (TPSA) is 105 Å². The predicted molar refractivity (Wildman–Crippen MR) is 254 cm³/mol. The highest BCUT2D eigenvalue weighted by atomic mass is 31.2. The van der Waals surface area contributed by atoms with E-state index < -0.39 is 20.0 Å². The molecule has 0 aliphatic rings. The van der Waals surface area contributed by atoms with E-state index in [1.807, 2.05) is 27.2 Å². The number of carbonyl (C=O) groups excluding carboxylic acids is 1. The van der Waals surface area contributed by atoms with Crippen LogP contribution in [0.2, 0.25) is 0 Å². The SMILES string of the molecule is CCCCC/C=C\CCCCCCCC(=O)NC(COP(=O)(O)OCC[N+](C)(C)C)C(O)/C=C/CC/C=C/CCCCCCCCCCCCCCCCCCCCC. The first-order valence-electron chi connectivity index (χ1n) is 24.9. The Morgan fingerprint density at radius 1 is 0.559 bits per heavy atom. The van der Waals surface area contributed by atoms with Crippen molar-refractivity contribution in [2.24, 2.45) is 0 Å². The fraction of sp³-hybridized carbons (Fsp3) is 0.860. The molecular formula is C50H98N2O6P+. The largest absolute Gasteiger partial charge is 0.472 e. The minimum atomic E-state index is -4.35. The first-order valence-corrected chi connectivity index (χ1v) is 26.4. The molecule has 3 unspecified atom stereocenters. The van der Waals surface area contributed by atoms with Crippen molar-refractivity contribution in [1.29, 1.82) is 0 Å². The molecule has 0 aromatic rings. The van der Waals surface area contributed by atoms with Gasteiger partial charge in [-0.1, -0.05) is 198 Å². The predicted octanol–water partition coefficient (Wildman–Crippen LogP) is 14.3. The maximum absolute atomic E-state index is 12.9. The summed E-state index contributed by atoms with van der Waals surface area (Å²) in [6, 6.07) is -0.866. The Morgan fingerprint density at radius 3 is 1.39 bits per heavy atom. The van der Waals surface area contributed by atoms with Crippen molar-refractivity contribution in [3.63, 3.8) is 0 Å².